The smallest absolute Gasteiger partial charge is 0.338 e. The van der Waals surface area contributed by atoms with E-state index in [9.17, 15) is 9.59 Å². The van der Waals surface area contributed by atoms with E-state index in [0.29, 0.717) is 11.3 Å². The van der Waals surface area contributed by atoms with Gasteiger partial charge in [-0.15, -0.1) is 0 Å². The molecule has 0 amide bonds. The van der Waals surface area contributed by atoms with E-state index in [1.54, 1.807) is 6.07 Å². The Kier molecular flexibility index (Phi) is 4.90. The lowest BCUT2D eigenvalue weighted by Crippen LogP contribution is -2.21. The van der Waals surface area contributed by atoms with Crippen LogP contribution >= 0.6 is 0 Å². The van der Waals surface area contributed by atoms with Crippen molar-refractivity contribution in [1.29, 1.82) is 0 Å². The highest BCUT2D eigenvalue weighted by Crippen LogP contribution is 2.18. The lowest BCUT2D eigenvalue weighted by atomic mass is 10.0. The number of carbonyl (C=O) groups is 2. The Hall–Kier alpha value is -2.54. The van der Waals surface area contributed by atoms with E-state index in [1.165, 1.54) is 32.6 Å². The quantitative estimate of drug-likeness (QED) is 0.398. The lowest BCUT2D eigenvalue weighted by molar-refractivity contribution is 0.0555. The van der Waals surface area contributed by atoms with Gasteiger partial charge in [-0.2, -0.15) is 0 Å². The van der Waals surface area contributed by atoms with Crippen molar-refractivity contribution in [1.82, 2.24) is 5.43 Å². The number of rotatable bonds is 4. The second-order valence-electron chi connectivity index (χ2n) is 3.47. The molecule has 7 nitrogen and oxygen atoms in total. The zero-order chi connectivity index (χ0) is 14.4. The number of hydrogen-bond donors (Lipinski definition) is 3. The molecule has 0 fully saturated rings. The molecule has 19 heavy (non-hydrogen) atoms. The zero-order valence-electron chi connectivity index (χ0n) is 10.6. The SMILES string of the molecule is COC(=O)c1ccc(/C(=C/N)NN)cc1C(=O)OC. The highest BCUT2D eigenvalue weighted by atomic mass is 16.5. The maximum Gasteiger partial charge on any atom is 0.338 e. The fraction of sp³-hybridized carbons (Fsp3) is 0.167. The number of nitrogens with two attached hydrogens (primary N) is 2. The molecule has 0 bridgehead atoms. The van der Waals surface area contributed by atoms with Gasteiger partial charge in [0.05, 0.1) is 31.0 Å². The fourth-order valence-electron chi connectivity index (χ4n) is 1.51. The van der Waals surface area contributed by atoms with Gasteiger partial charge < -0.3 is 20.6 Å². The van der Waals surface area contributed by atoms with Crippen LogP contribution in [-0.2, 0) is 9.47 Å². The molecule has 102 valence electrons. The molecule has 0 radical (unpaired) electrons. The van der Waals surface area contributed by atoms with Gasteiger partial charge in [0.1, 0.15) is 0 Å². The molecule has 5 N–H and O–H groups in total. The largest absolute Gasteiger partial charge is 0.465 e. The Morgan fingerprint density at radius 2 is 1.74 bits per heavy atom. The highest BCUT2D eigenvalue weighted by Gasteiger charge is 2.19. The fourth-order valence-corrected chi connectivity index (χ4v) is 1.51. The summed E-state index contributed by atoms with van der Waals surface area (Å²) in [5.74, 6) is 4.00. The van der Waals surface area contributed by atoms with E-state index in [1.807, 2.05) is 0 Å². The lowest BCUT2D eigenvalue weighted by Gasteiger charge is -2.10. The summed E-state index contributed by atoms with van der Waals surface area (Å²) in [6.45, 7) is 0. The van der Waals surface area contributed by atoms with E-state index in [0.717, 1.165) is 0 Å². The van der Waals surface area contributed by atoms with Crippen LogP contribution < -0.4 is 17.0 Å². The summed E-state index contributed by atoms with van der Waals surface area (Å²) >= 11 is 0. The number of ether oxygens (including phenoxy) is 2. The maximum absolute atomic E-state index is 11.7. The third-order valence-electron chi connectivity index (χ3n) is 2.46. The van der Waals surface area contributed by atoms with Crippen LogP contribution in [0.1, 0.15) is 26.3 Å². The first-order valence-corrected chi connectivity index (χ1v) is 5.28. The van der Waals surface area contributed by atoms with Gasteiger partial charge >= 0.3 is 11.9 Å². The molecule has 0 spiro atoms. The number of esters is 2. The Labute approximate surface area is 110 Å². The molecule has 0 aliphatic carbocycles. The normalized spacial score (nSPS) is 10.8. The number of hydrogen-bond acceptors (Lipinski definition) is 7. The van der Waals surface area contributed by atoms with Gasteiger partial charge in [0.25, 0.3) is 0 Å². The average Bonchev–Trinajstić information content (AvgIpc) is 2.46. The first-order valence-electron chi connectivity index (χ1n) is 5.28. The molecule has 7 heteroatoms. The molecule has 0 heterocycles. The Morgan fingerprint density at radius 1 is 1.16 bits per heavy atom. The minimum atomic E-state index is -0.657. The van der Waals surface area contributed by atoms with Crippen LogP contribution in [0.2, 0.25) is 0 Å². The van der Waals surface area contributed by atoms with Gasteiger partial charge in [-0.1, -0.05) is 6.07 Å². The van der Waals surface area contributed by atoms with Crippen molar-refractivity contribution >= 4 is 17.6 Å². The molecule has 1 rings (SSSR count). The maximum atomic E-state index is 11.7. The average molecular weight is 265 g/mol. The van der Waals surface area contributed by atoms with Gasteiger partial charge in [-0.05, 0) is 12.1 Å². The summed E-state index contributed by atoms with van der Waals surface area (Å²) in [5.41, 5.74) is 8.89. The molecular formula is C12H15N3O4. The molecule has 0 unspecified atom stereocenters. The van der Waals surface area contributed by atoms with Gasteiger partial charge in [-0.3, -0.25) is 5.84 Å². The first kappa shape index (κ1) is 14.5. The van der Waals surface area contributed by atoms with E-state index in [2.05, 4.69) is 14.9 Å². The van der Waals surface area contributed by atoms with Crippen molar-refractivity contribution in [2.45, 2.75) is 0 Å². The molecule has 0 aliphatic rings. The van der Waals surface area contributed by atoms with Crippen LogP contribution in [0.4, 0.5) is 0 Å². The predicted octanol–water partition coefficient (Wildman–Crippen LogP) is -0.0198. The topological polar surface area (TPSA) is 117 Å². The number of methoxy groups -OCH3 is 2. The molecular weight excluding hydrogens is 250 g/mol. The predicted molar refractivity (Wildman–Crippen MR) is 68.6 cm³/mol. The second-order valence-corrected chi connectivity index (χ2v) is 3.47. The highest BCUT2D eigenvalue weighted by molar-refractivity contribution is 6.03. The summed E-state index contributed by atoms with van der Waals surface area (Å²) in [5, 5.41) is 0. The number of hydrazine groups is 1. The van der Waals surface area contributed by atoms with Gasteiger partial charge in [0.15, 0.2) is 0 Å². The molecule has 0 aliphatic heterocycles. The minimum Gasteiger partial charge on any atom is -0.465 e. The van der Waals surface area contributed by atoms with E-state index in [-0.39, 0.29) is 11.1 Å². The Balaban J connectivity index is 3.38. The Bertz CT molecular complexity index is 526. The van der Waals surface area contributed by atoms with Crippen LogP contribution in [-0.4, -0.2) is 26.2 Å². The summed E-state index contributed by atoms with van der Waals surface area (Å²) in [6.07, 6.45) is 1.24. The molecule has 0 saturated carbocycles. The van der Waals surface area contributed by atoms with Crippen molar-refractivity contribution in [3.63, 3.8) is 0 Å². The van der Waals surface area contributed by atoms with E-state index in [4.69, 9.17) is 11.6 Å². The van der Waals surface area contributed by atoms with Crippen molar-refractivity contribution in [2.75, 3.05) is 14.2 Å². The van der Waals surface area contributed by atoms with Crippen LogP contribution in [0, 0.1) is 0 Å². The van der Waals surface area contributed by atoms with Crippen LogP contribution in [0.15, 0.2) is 24.4 Å². The second kappa shape index (κ2) is 6.41. The zero-order valence-corrected chi connectivity index (χ0v) is 10.6. The van der Waals surface area contributed by atoms with Crippen molar-refractivity contribution < 1.29 is 19.1 Å². The monoisotopic (exact) mass is 265 g/mol. The van der Waals surface area contributed by atoms with Crippen LogP contribution in [0.25, 0.3) is 5.70 Å². The van der Waals surface area contributed by atoms with Crippen molar-refractivity contribution in [2.24, 2.45) is 11.6 Å². The third-order valence-corrected chi connectivity index (χ3v) is 2.46. The summed E-state index contributed by atoms with van der Waals surface area (Å²) in [7, 11) is 2.45. The molecule has 1 aromatic rings. The summed E-state index contributed by atoms with van der Waals surface area (Å²) < 4.78 is 9.22. The number of nitrogens with one attached hydrogen (secondary N) is 1. The molecule has 0 atom stereocenters. The van der Waals surface area contributed by atoms with Crippen LogP contribution in [0.5, 0.6) is 0 Å². The van der Waals surface area contributed by atoms with E-state index < -0.39 is 11.9 Å². The minimum absolute atomic E-state index is 0.0708. The van der Waals surface area contributed by atoms with Gasteiger partial charge in [0.2, 0.25) is 0 Å². The molecule has 1 aromatic carbocycles. The van der Waals surface area contributed by atoms with Gasteiger partial charge in [0, 0.05) is 11.8 Å². The summed E-state index contributed by atoms with van der Waals surface area (Å²) in [6, 6.07) is 4.46. The van der Waals surface area contributed by atoms with Crippen molar-refractivity contribution in [3.8, 4) is 0 Å². The summed E-state index contributed by atoms with van der Waals surface area (Å²) in [4.78, 5) is 23.2. The van der Waals surface area contributed by atoms with Gasteiger partial charge in [-0.25, -0.2) is 9.59 Å². The number of benzene rings is 1. The van der Waals surface area contributed by atoms with Crippen molar-refractivity contribution in [3.05, 3.63) is 41.1 Å². The molecule has 0 aromatic heterocycles. The third kappa shape index (κ3) is 3.02. The standard InChI is InChI=1S/C12H15N3O4/c1-18-11(16)8-4-3-7(10(6-13)15-14)5-9(8)12(17)19-2/h3-6,15H,13-14H2,1-2H3/b10-6-. The van der Waals surface area contributed by atoms with Crippen LogP contribution in [0.3, 0.4) is 0 Å². The van der Waals surface area contributed by atoms with E-state index >= 15 is 0 Å². The number of carbonyl (C=O) groups excluding carboxylic acids is 2. The Morgan fingerprint density at radius 3 is 2.21 bits per heavy atom. The molecule has 0 saturated heterocycles. The first-order chi connectivity index (χ1) is 9.08.